The molecule has 6 N–H and O–H groups in total. The summed E-state index contributed by atoms with van der Waals surface area (Å²) in [6.45, 7) is 1.90. The number of aliphatic hydroxyl groups excluding tert-OH is 4. The van der Waals surface area contributed by atoms with Gasteiger partial charge in [-0.15, -0.1) is 0 Å². The van der Waals surface area contributed by atoms with Gasteiger partial charge in [-0.25, -0.2) is 0 Å². The van der Waals surface area contributed by atoms with E-state index in [1.165, 1.54) is 20.2 Å². The standard InChI is InChI=1S/C21H38N2O13/c1-4-14(9-24)35-17(30-3)12-31-11-16(27)22-5-6-33-34-8-7-32-21-18(23-13(2)26)20(29)19(28)15(10-25)36-21/h5-6,14-15,17-21,24-25,28-29H,4,7-12H2,1-3H3,(H,22,27)(H,23,26)/b6-5+. The summed E-state index contributed by atoms with van der Waals surface area (Å²) in [6.07, 6.45) is -3.35. The molecule has 7 unspecified atom stereocenters. The molecule has 0 bridgehead atoms. The third-order valence-corrected chi connectivity index (χ3v) is 4.89. The molecule has 0 saturated carbocycles. The number of amides is 2. The van der Waals surface area contributed by atoms with Crippen molar-refractivity contribution in [1.82, 2.24) is 10.6 Å². The topological polar surface area (TPSA) is 204 Å². The van der Waals surface area contributed by atoms with Gasteiger partial charge in [-0.3, -0.25) is 9.59 Å². The van der Waals surface area contributed by atoms with Gasteiger partial charge in [0.2, 0.25) is 11.8 Å². The van der Waals surface area contributed by atoms with Gasteiger partial charge < -0.3 is 59.6 Å². The average Bonchev–Trinajstić information content (AvgIpc) is 2.86. The Morgan fingerprint density at radius 1 is 1.17 bits per heavy atom. The SMILES string of the molecule is CCC(CO)OC(COCC(=O)N/C=C/OOCCOC1OC(CO)C(O)C(O)C1NC(C)=O)OC. The molecule has 7 atom stereocenters. The zero-order valence-electron chi connectivity index (χ0n) is 20.6. The maximum Gasteiger partial charge on any atom is 0.250 e. The Labute approximate surface area is 209 Å². The predicted octanol–water partition coefficient (Wildman–Crippen LogP) is -2.74. The lowest BCUT2D eigenvalue weighted by atomic mass is 9.97. The third kappa shape index (κ3) is 11.9. The zero-order chi connectivity index (χ0) is 26.9. The Kier molecular flexibility index (Phi) is 16.4. The second kappa shape index (κ2) is 18.3. The van der Waals surface area contributed by atoms with Gasteiger partial charge in [0.15, 0.2) is 12.6 Å². The lowest BCUT2D eigenvalue weighted by molar-refractivity contribution is -0.292. The first-order valence-electron chi connectivity index (χ1n) is 11.4. The maximum atomic E-state index is 11.7. The zero-order valence-corrected chi connectivity index (χ0v) is 20.6. The summed E-state index contributed by atoms with van der Waals surface area (Å²) in [5.74, 6) is -0.943. The van der Waals surface area contributed by atoms with E-state index >= 15 is 0 Å². The highest BCUT2D eigenvalue weighted by atomic mass is 17.2. The number of carbonyl (C=O) groups is 2. The van der Waals surface area contributed by atoms with Crippen LogP contribution in [0.1, 0.15) is 20.3 Å². The van der Waals surface area contributed by atoms with Crippen LogP contribution < -0.4 is 10.6 Å². The van der Waals surface area contributed by atoms with Gasteiger partial charge in [-0.1, -0.05) is 6.92 Å². The van der Waals surface area contributed by atoms with Crippen LogP contribution in [0.15, 0.2) is 12.5 Å². The van der Waals surface area contributed by atoms with E-state index in [1.807, 2.05) is 6.92 Å². The van der Waals surface area contributed by atoms with Crippen molar-refractivity contribution in [2.24, 2.45) is 0 Å². The minimum Gasteiger partial charge on any atom is -0.394 e. The van der Waals surface area contributed by atoms with Gasteiger partial charge in [0.25, 0.3) is 0 Å². The highest BCUT2D eigenvalue weighted by Gasteiger charge is 2.45. The van der Waals surface area contributed by atoms with Gasteiger partial charge in [-0.2, -0.15) is 4.89 Å². The van der Waals surface area contributed by atoms with Crippen LogP contribution in [0.3, 0.4) is 0 Å². The minimum atomic E-state index is -1.42. The number of hydrogen-bond acceptors (Lipinski definition) is 13. The Bertz CT molecular complexity index is 649. The fourth-order valence-corrected chi connectivity index (χ4v) is 2.99. The average molecular weight is 527 g/mol. The smallest absolute Gasteiger partial charge is 0.250 e. The second-order valence-electron chi connectivity index (χ2n) is 7.62. The molecule has 0 spiro atoms. The lowest BCUT2D eigenvalue weighted by Gasteiger charge is -2.42. The molecular weight excluding hydrogens is 488 g/mol. The van der Waals surface area contributed by atoms with E-state index in [0.717, 1.165) is 6.26 Å². The van der Waals surface area contributed by atoms with E-state index in [4.69, 9.17) is 38.6 Å². The summed E-state index contributed by atoms with van der Waals surface area (Å²) in [5.41, 5.74) is 0. The van der Waals surface area contributed by atoms with Gasteiger partial charge in [-0.05, 0) is 6.42 Å². The fourth-order valence-electron chi connectivity index (χ4n) is 2.99. The Morgan fingerprint density at radius 2 is 1.92 bits per heavy atom. The second-order valence-corrected chi connectivity index (χ2v) is 7.62. The summed E-state index contributed by atoms with van der Waals surface area (Å²) < 4.78 is 26.6. The molecule has 1 aliphatic heterocycles. The number of nitrogens with one attached hydrogen (secondary N) is 2. The lowest BCUT2D eigenvalue weighted by Crippen LogP contribution is -2.64. The highest BCUT2D eigenvalue weighted by Crippen LogP contribution is 2.22. The van der Waals surface area contributed by atoms with Crippen LogP contribution in [0, 0.1) is 0 Å². The van der Waals surface area contributed by atoms with E-state index < -0.39 is 55.4 Å². The van der Waals surface area contributed by atoms with E-state index in [2.05, 4.69) is 10.6 Å². The van der Waals surface area contributed by atoms with Crippen LogP contribution in [-0.4, -0.2) is 122 Å². The number of aliphatic hydroxyl groups is 4. The molecule has 0 aliphatic carbocycles. The molecule has 1 rings (SSSR count). The van der Waals surface area contributed by atoms with Crippen molar-refractivity contribution >= 4 is 11.8 Å². The molecule has 1 fully saturated rings. The number of rotatable bonds is 18. The van der Waals surface area contributed by atoms with Crippen LogP contribution in [-0.2, 0) is 43.0 Å². The molecule has 36 heavy (non-hydrogen) atoms. The molecule has 1 aliphatic rings. The predicted molar refractivity (Wildman–Crippen MR) is 120 cm³/mol. The summed E-state index contributed by atoms with van der Waals surface area (Å²) in [4.78, 5) is 32.7. The van der Waals surface area contributed by atoms with Crippen molar-refractivity contribution in [3.05, 3.63) is 12.5 Å². The molecule has 0 radical (unpaired) electrons. The van der Waals surface area contributed by atoms with Crippen LogP contribution in [0.4, 0.5) is 0 Å². The summed E-state index contributed by atoms with van der Waals surface area (Å²) in [7, 11) is 1.42. The van der Waals surface area contributed by atoms with Crippen molar-refractivity contribution < 1.29 is 63.5 Å². The molecule has 0 aromatic carbocycles. The fraction of sp³-hybridized carbons (Fsp3) is 0.810. The monoisotopic (exact) mass is 526 g/mol. The van der Waals surface area contributed by atoms with E-state index in [0.29, 0.717) is 6.42 Å². The molecule has 0 aromatic heterocycles. The van der Waals surface area contributed by atoms with Crippen molar-refractivity contribution in [3.8, 4) is 0 Å². The van der Waals surface area contributed by atoms with Gasteiger partial charge in [0, 0.05) is 20.2 Å². The summed E-state index contributed by atoms with van der Waals surface area (Å²) in [5, 5.41) is 43.4. The normalized spacial score (nSPS) is 25.9. The summed E-state index contributed by atoms with van der Waals surface area (Å²) >= 11 is 0. The van der Waals surface area contributed by atoms with E-state index in [1.54, 1.807) is 0 Å². The molecule has 0 aromatic rings. The minimum absolute atomic E-state index is 0.00765. The van der Waals surface area contributed by atoms with Crippen LogP contribution in [0.25, 0.3) is 0 Å². The highest BCUT2D eigenvalue weighted by molar-refractivity contribution is 5.78. The van der Waals surface area contributed by atoms with Gasteiger partial charge in [0.05, 0.1) is 32.5 Å². The first-order chi connectivity index (χ1) is 17.3. The van der Waals surface area contributed by atoms with Crippen molar-refractivity contribution in [2.45, 2.75) is 63.3 Å². The largest absolute Gasteiger partial charge is 0.394 e. The van der Waals surface area contributed by atoms with Crippen molar-refractivity contribution in [3.63, 3.8) is 0 Å². The quantitative estimate of drug-likeness (QED) is 0.0353. The summed E-state index contributed by atoms with van der Waals surface area (Å²) in [6, 6.07) is -1.06. The first kappa shape index (κ1) is 32.1. The molecule has 1 saturated heterocycles. The molecule has 1 heterocycles. The van der Waals surface area contributed by atoms with Crippen molar-refractivity contribution in [2.75, 3.05) is 46.8 Å². The Balaban J connectivity index is 2.24. The van der Waals surface area contributed by atoms with Crippen LogP contribution in [0.5, 0.6) is 0 Å². The molecule has 15 nitrogen and oxygen atoms in total. The maximum absolute atomic E-state index is 11.7. The van der Waals surface area contributed by atoms with Gasteiger partial charge in [0.1, 0.15) is 43.8 Å². The van der Waals surface area contributed by atoms with Crippen LogP contribution in [0.2, 0.25) is 0 Å². The first-order valence-corrected chi connectivity index (χ1v) is 11.4. The number of carbonyl (C=O) groups excluding carboxylic acids is 2. The number of methoxy groups -OCH3 is 1. The molecule has 2 amide bonds. The van der Waals surface area contributed by atoms with E-state index in [9.17, 15) is 24.9 Å². The van der Waals surface area contributed by atoms with Gasteiger partial charge >= 0.3 is 0 Å². The molecule has 210 valence electrons. The van der Waals surface area contributed by atoms with E-state index in [-0.39, 0.29) is 39.1 Å². The number of ether oxygens (including phenoxy) is 5. The van der Waals surface area contributed by atoms with Crippen molar-refractivity contribution in [1.29, 1.82) is 0 Å². The third-order valence-electron chi connectivity index (χ3n) is 4.89. The molecular formula is C21H38N2O13. The Hall–Kier alpha value is -1.92. The van der Waals surface area contributed by atoms with Crippen LogP contribution >= 0.6 is 0 Å². The molecule has 15 heteroatoms. The Morgan fingerprint density at radius 3 is 2.53 bits per heavy atom. The number of hydrogen-bond donors (Lipinski definition) is 6.